The van der Waals surface area contributed by atoms with Gasteiger partial charge in [-0.3, -0.25) is 9.59 Å². The number of likely N-dealkylation sites (tertiary alicyclic amines) is 1. The molecule has 1 fully saturated rings. The van der Waals surface area contributed by atoms with Crippen LogP contribution in [0, 0.1) is 0 Å². The molecule has 0 bridgehead atoms. The molecule has 33 heavy (non-hydrogen) atoms. The van der Waals surface area contributed by atoms with E-state index in [-0.39, 0.29) is 11.3 Å². The molecule has 172 valence electrons. The zero-order valence-corrected chi connectivity index (χ0v) is 18.6. The number of rotatable bonds is 8. The van der Waals surface area contributed by atoms with Gasteiger partial charge in [-0.05, 0) is 42.3 Å². The van der Waals surface area contributed by atoms with Crippen molar-refractivity contribution in [3.05, 3.63) is 71.8 Å². The Balaban J connectivity index is 1.81. The predicted octanol–water partition coefficient (Wildman–Crippen LogP) is 4.24. The number of aliphatic hydroxyl groups excluding tert-OH is 1. The van der Waals surface area contributed by atoms with Crippen molar-refractivity contribution in [1.82, 2.24) is 4.90 Å². The van der Waals surface area contributed by atoms with Crippen molar-refractivity contribution in [2.75, 3.05) is 26.4 Å². The van der Waals surface area contributed by atoms with E-state index >= 15 is 0 Å². The second kappa shape index (κ2) is 9.81. The summed E-state index contributed by atoms with van der Waals surface area (Å²) in [6.45, 7) is 7.26. The number of Topliss-reactive ketones (excluding diaryl/α,β-unsaturated/α-hetero) is 1. The Kier molecular flexibility index (Phi) is 6.68. The summed E-state index contributed by atoms with van der Waals surface area (Å²) in [6.07, 6.45) is 3.24. The molecular weight excluding hydrogens is 422 g/mol. The average molecular weight is 450 g/mol. The Bertz CT molecular complexity index is 1110. The topological polar surface area (TPSA) is 85.3 Å². The standard InChI is InChI=1S/C26H27NO6/c1-3-5-11-27-23(17-7-6-8-19(15-17)31-12-4-2)22(25(29)26(27)30)24(28)18-9-10-20-21(16-18)33-14-13-32-20/h4,6-10,15-16,23,28H,2-3,5,11-14H2,1H3/b24-22-. The molecule has 0 aromatic heterocycles. The first-order valence-corrected chi connectivity index (χ1v) is 11.1. The number of nitrogens with zero attached hydrogens (tertiary/aromatic N) is 1. The first-order valence-electron chi connectivity index (χ1n) is 11.1. The van der Waals surface area contributed by atoms with Gasteiger partial charge in [-0.15, -0.1) is 0 Å². The molecule has 0 spiro atoms. The van der Waals surface area contributed by atoms with Crippen LogP contribution in [0.4, 0.5) is 0 Å². The number of carbonyl (C=O) groups excluding carboxylic acids is 2. The van der Waals surface area contributed by atoms with Crippen LogP contribution in [0.5, 0.6) is 17.2 Å². The van der Waals surface area contributed by atoms with Crippen molar-refractivity contribution in [2.45, 2.75) is 25.8 Å². The van der Waals surface area contributed by atoms with Gasteiger partial charge in [0, 0.05) is 12.1 Å². The van der Waals surface area contributed by atoms with Crippen molar-refractivity contribution in [3.8, 4) is 17.2 Å². The Morgan fingerprint density at radius 1 is 1.18 bits per heavy atom. The molecular formula is C26H27NO6. The van der Waals surface area contributed by atoms with Gasteiger partial charge in [-0.2, -0.15) is 0 Å². The molecule has 2 aliphatic rings. The first-order chi connectivity index (χ1) is 16.0. The quantitative estimate of drug-likeness (QED) is 0.281. The molecule has 1 amide bonds. The summed E-state index contributed by atoms with van der Waals surface area (Å²) in [4.78, 5) is 27.6. The summed E-state index contributed by atoms with van der Waals surface area (Å²) in [5.41, 5.74) is 1.12. The van der Waals surface area contributed by atoms with E-state index < -0.39 is 17.7 Å². The predicted molar refractivity (Wildman–Crippen MR) is 123 cm³/mol. The van der Waals surface area contributed by atoms with E-state index in [0.717, 1.165) is 12.8 Å². The zero-order chi connectivity index (χ0) is 23.4. The van der Waals surface area contributed by atoms with Crippen molar-refractivity contribution in [2.24, 2.45) is 0 Å². The van der Waals surface area contributed by atoms with Crippen LogP contribution in [0.3, 0.4) is 0 Å². The van der Waals surface area contributed by atoms with Gasteiger partial charge < -0.3 is 24.2 Å². The lowest BCUT2D eigenvalue weighted by atomic mass is 9.95. The molecule has 0 radical (unpaired) electrons. The van der Waals surface area contributed by atoms with Crippen LogP contribution in [0.2, 0.25) is 0 Å². The third-order valence-corrected chi connectivity index (χ3v) is 5.65. The number of aliphatic hydroxyl groups is 1. The number of carbonyl (C=O) groups is 2. The lowest BCUT2D eigenvalue weighted by molar-refractivity contribution is -0.139. The minimum Gasteiger partial charge on any atom is -0.507 e. The highest BCUT2D eigenvalue weighted by Crippen LogP contribution is 2.41. The molecule has 2 heterocycles. The second-order valence-corrected chi connectivity index (χ2v) is 7.88. The summed E-state index contributed by atoms with van der Waals surface area (Å²) in [7, 11) is 0. The Labute approximate surface area is 192 Å². The number of unbranched alkanes of at least 4 members (excludes halogenated alkanes) is 1. The summed E-state index contributed by atoms with van der Waals surface area (Å²) < 4.78 is 16.8. The number of amides is 1. The molecule has 2 aliphatic heterocycles. The maximum atomic E-state index is 13.1. The maximum Gasteiger partial charge on any atom is 0.295 e. The molecule has 0 aliphatic carbocycles. The monoisotopic (exact) mass is 449 g/mol. The number of ketones is 1. The van der Waals surface area contributed by atoms with Gasteiger partial charge in [-0.25, -0.2) is 0 Å². The van der Waals surface area contributed by atoms with E-state index in [1.165, 1.54) is 4.90 Å². The minimum absolute atomic E-state index is 0.0497. The number of hydrogen-bond donors (Lipinski definition) is 1. The van der Waals surface area contributed by atoms with Crippen molar-refractivity contribution in [1.29, 1.82) is 0 Å². The van der Waals surface area contributed by atoms with Gasteiger partial charge in [-0.1, -0.05) is 38.1 Å². The summed E-state index contributed by atoms with van der Waals surface area (Å²) in [6, 6.07) is 11.5. The van der Waals surface area contributed by atoms with E-state index in [1.54, 1.807) is 42.5 Å². The summed E-state index contributed by atoms with van der Waals surface area (Å²) in [5.74, 6) is 0.0807. The number of hydrogen-bond acceptors (Lipinski definition) is 6. The van der Waals surface area contributed by atoms with E-state index in [2.05, 4.69) is 6.58 Å². The van der Waals surface area contributed by atoms with E-state index in [4.69, 9.17) is 14.2 Å². The molecule has 0 saturated carbocycles. The van der Waals surface area contributed by atoms with Crippen LogP contribution in [0.15, 0.2) is 60.7 Å². The van der Waals surface area contributed by atoms with Crippen LogP contribution in [0.25, 0.3) is 5.76 Å². The third kappa shape index (κ3) is 4.44. The van der Waals surface area contributed by atoms with E-state index in [0.29, 0.717) is 54.7 Å². The molecule has 2 aromatic carbocycles. The van der Waals surface area contributed by atoms with Gasteiger partial charge in [0.05, 0.1) is 11.6 Å². The summed E-state index contributed by atoms with van der Waals surface area (Å²) >= 11 is 0. The van der Waals surface area contributed by atoms with Crippen LogP contribution < -0.4 is 14.2 Å². The fourth-order valence-electron chi connectivity index (χ4n) is 4.06. The normalized spacial score (nSPS) is 18.9. The Morgan fingerprint density at radius 3 is 2.73 bits per heavy atom. The minimum atomic E-state index is -0.725. The smallest absolute Gasteiger partial charge is 0.295 e. The van der Waals surface area contributed by atoms with Crippen molar-refractivity contribution in [3.63, 3.8) is 0 Å². The van der Waals surface area contributed by atoms with Gasteiger partial charge >= 0.3 is 0 Å². The number of benzene rings is 2. The molecule has 4 rings (SSSR count). The van der Waals surface area contributed by atoms with Crippen molar-refractivity contribution < 1.29 is 28.9 Å². The van der Waals surface area contributed by atoms with E-state index in [9.17, 15) is 14.7 Å². The Hall–Kier alpha value is -3.74. The van der Waals surface area contributed by atoms with Crippen LogP contribution in [0.1, 0.15) is 36.9 Å². The molecule has 1 N–H and O–H groups in total. The fraction of sp³-hybridized carbons (Fsp3) is 0.308. The first kappa shape index (κ1) is 22.5. The molecule has 2 aromatic rings. The maximum absolute atomic E-state index is 13.1. The number of fused-ring (bicyclic) bond motifs is 1. The van der Waals surface area contributed by atoms with Crippen molar-refractivity contribution >= 4 is 17.4 Å². The highest BCUT2D eigenvalue weighted by atomic mass is 16.6. The van der Waals surface area contributed by atoms with Crippen LogP contribution in [-0.4, -0.2) is 48.1 Å². The van der Waals surface area contributed by atoms with Gasteiger partial charge in [0.25, 0.3) is 11.7 Å². The number of ether oxygens (including phenoxy) is 3. The molecule has 1 unspecified atom stereocenters. The van der Waals surface area contributed by atoms with Gasteiger partial charge in [0.1, 0.15) is 31.3 Å². The molecule has 7 heteroatoms. The SMILES string of the molecule is C=CCOc1cccc(C2/C(=C(/O)c3ccc4c(c3)OCCO4)C(=O)C(=O)N2CCCC)c1. The summed E-state index contributed by atoms with van der Waals surface area (Å²) in [5, 5.41) is 11.2. The van der Waals surface area contributed by atoms with E-state index in [1.807, 2.05) is 13.0 Å². The average Bonchev–Trinajstić information content (AvgIpc) is 3.10. The van der Waals surface area contributed by atoms with Gasteiger partial charge in [0.2, 0.25) is 0 Å². The van der Waals surface area contributed by atoms with Gasteiger partial charge in [0.15, 0.2) is 11.5 Å². The molecule has 7 nitrogen and oxygen atoms in total. The Morgan fingerprint density at radius 2 is 1.97 bits per heavy atom. The zero-order valence-electron chi connectivity index (χ0n) is 18.6. The van der Waals surface area contributed by atoms with Crippen LogP contribution >= 0.6 is 0 Å². The highest BCUT2D eigenvalue weighted by molar-refractivity contribution is 6.46. The lowest BCUT2D eigenvalue weighted by Gasteiger charge is -2.25. The lowest BCUT2D eigenvalue weighted by Crippen LogP contribution is -2.30. The highest BCUT2D eigenvalue weighted by Gasteiger charge is 2.45. The third-order valence-electron chi connectivity index (χ3n) is 5.65. The molecule has 1 atom stereocenters. The fourth-order valence-corrected chi connectivity index (χ4v) is 4.06. The molecule has 1 saturated heterocycles. The largest absolute Gasteiger partial charge is 0.507 e. The van der Waals surface area contributed by atoms with Crippen LogP contribution in [-0.2, 0) is 9.59 Å². The second-order valence-electron chi connectivity index (χ2n) is 7.88.